The van der Waals surface area contributed by atoms with Gasteiger partial charge in [0.15, 0.2) is 5.84 Å². The Hall–Kier alpha value is -1.32. The summed E-state index contributed by atoms with van der Waals surface area (Å²) in [6.07, 6.45) is 6.45. The topological polar surface area (TPSA) is 39.4 Å². The minimum absolute atomic E-state index is 0.220. The highest BCUT2D eigenvalue weighted by Gasteiger charge is 2.24. The molecule has 1 aliphatic rings. The Bertz CT molecular complexity index is 303. The van der Waals surface area contributed by atoms with Gasteiger partial charge in [-0.3, -0.25) is 4.57 Å². The van der Waals surface area contributed by atoms with Crippen LogP contribution in [0.2, 0.25) is 0 Å². The first-order valence-corrected chi connectivity index (χ1v) is 4.48. The van der Waals surface area contributed by atoms with Crippen molar-refractivity contribution in [2.45, 2.75) is 26.4 Å². The standard InChI is InChI=1S/C9H13N3O/c1-7(2)8-5-9(11-13-8)12-4-3-10-6-12/h3-4,6-8H,5H2,1-2H3. The van der Waals surface area contributed by atoms with Crippen LogP contribution >= 0.6 is 0 Å². The maximum Gasteiger partial charge on any atom is 0.157 e. The molecule has 1 atom stereocenters. The molecule has 0 aromatic carbocycles. The summed E-state index contributed by atoms with van der Waals surface area (Å²) < 4.78 is 1.89. The number of nitrogens with zero attached hydrogens (tertiary/aromatic N) is 3. The molecule has 70 valence electrons. The van der Waals surface area contributed by atoms with Crippen molar-refractivity contribution in [1.29, 1.82) is 0 Å². The Morgan fingerprint density at radius 2 is 2.46 bits per heavy atom. The molecule has 4 nitrogen and oxygen atoms in total. The highest BCUT2D eigenvalue weighted by atomic mass is 16.6. The molecule has 13 heavy (non-hydrogen) atoms. The number of hydrogen-bond acceptors (Lipinski definition) is 3. The van der Waals surface area contributed by atoms with E-state index >= 15 is 0 Å². The van der Waals surface area contributed by atoms with Gasteiger partial charge < -0.3 is 4.84 Å². The van der Waals surface area contributed by atoms with Crippen LogP contribution in [0.1, 0.15) is 20.3 Å². The lowest BCUT2D eigenvalue weighted by atomic mass is 10.0. The first-order chi connectivity index (χ1) is 6.27. The highest BCUT2D eigenvalue weighted by Crippen LogP contribution is 2.18. The molecule has 1 aromatic heterocycles. The van der Waals surface area contributed by atoms with Crippen molar-refractivity contribution in [3.05, 3.63) is 18.7 Å². The molecule has 0 aliphatic carbocycles. The monoisotopic (exact) mass is 179 g/mol. The molecular weight excluding hydrogens is 166 g/mol. The maximum atomic E-state index is 5.29. The minimum atomic E-state index is 0.220. The van der Waals surface area contributed by atoms with Crippen LogP contribution in [0, 0.1) is 5.92 Å². The van der Waals surface area contributed by atoms with E-state index in [2.05, 4.69) is 24.0 Å². The van der Waals surface area contributed by atoms with Crippen LogP contribution in [-0.4, -0.2) is 21.5 Å². The number of hydrogen-bond donors (Lipinski definition) is 0. The summed E-state index contributed by atoms with van der Waals surface area (Å²) >= 11 is 0. The second-order valence-electron chi connectivity index (χ2n) is 3.57. The van der Waals surface area contributed by atoms with E-state index < -0.39 is 0 Å². The zero-order valence-corrected chi connectivity index (χ0v) is 7.84. The van der Waals surface area contributed by atoms with Gasteiger partial charge in [0.1, 0.15) is 12.4 Å². The fourth-order valence-corrected chi connectivity index (χ4v) is 1.30. The van der Waals surface area contributed by atoms with Crippen molar-refractivity contribution < 1.29 is 4.84 Å². The zero-order valence-electron chi connectivity index (χ0n) is 7.84. The van der Waals surface area contributed by atoms with Crippen molar-refractivity contribution in [2.24, 2.45) is 11.1 Å². The van der Waals surface area contributed by atoms with Crippen LogP contribution in [0.3, 0.4) is 0 Å². The summed E-state index contributed by atoms with van der Waals surface area (Å²) in [5.74, 6) is 1.45. The Balaban J connectivity index is 2.06. The molecule has 4 heteroatoms. The third-order valence-corrected chi connectivity index (χ3v) is 2.22. The summed E-state index contributed by atoms with van der Waals surface area (Å²) in [6, 6.07) is 0. The Morgan fingerprint density at radius 1 is 1.62 bits per heavy atom. The van der Waals surface area contributed by atoms with Gasteiger partial charge in [-0.25, -0.2) is 4.98 Å². The van der Waals surface area contributed by atoms with Crippen molar-refractivity contribution in [3.63, 3.8) is 0 Å². The average Bonchev–Trinajstić information content (AvgIpc) is 2.75. The fourth-order valence-electron chi connectivity index (χ4n) is 1.30. The summed E-state index contributed by atoms with van der Waals surface area (Å²) in [6.45, 7) is 4.27. The maximum absolute atomic E-state index is 5.29. The molecule has 1 aliphatic heterocycles. The van der Waals surface area contributed by atoms with Gasteiger partial charge >= 0.3 is 0 Å². The summed E-state index contributed by atoms with van der Waals surface area (Å²) in [5.41, 5.74) is 0. The molecule has 0 saturated carbocycles. The van der Waals surface area contributed by atoms with Gasteiger partial charge in [0.25, 0.3) is 0 Å². The van der Waals surface area contributed by atoms with E-state index in [1.165, 1.54) is 0 Å². The van der Waals surface area contributed by atoms with Crippen LogP contribution in [-0.2, 0) is 4.84 Å². The lowest BCUT2D eigenvalue weighted by Gasteiger charge is -2.10. The molecule has 0 saturated heterocycles. The van der Waals surface area contributed by atoms with E-state index in [9.17, 15) is 0 Å². The molecular formula is C9H13N3O. The lowest BCUT2D eigenvalue weighted by Crippen LogP contribution is -2.17. The highest BCUT2D eigenvalue weighted by molar-refractivity contribution is 5.85. The van der Waals surface area contributed by atoms with E-state index in [-0.39, 0.29) is 6.10 Å². The molecule has 1 unspecified atom stereocenters. The molecule has 0 radical (unpaired) electrons. The van der Waals surface area contributed by atoms with Crippen LogP contribution in [0.5, 0.6) is 0 Å². The van der Waals surface area contributed by atoms with Crippen LogP contribution in [0.4, 0.5) is 0 Å². The average molecular weight is 179 g/mol. The number of oxime groups is 1. The fraction of sp³-hybridized carbons (Fsp3) is 0.556. The quantitative estimate of drug-likeness (QED) is 0.655. The van der Waals surface area contributed by atoms with Gasteiger partial charge in [0.2, 0.25) is 0 Å². The van der Waals surface area contributed by atoms with Crippen LogP contribution in [0.15, 0.2) is 23.9 Å². The van der Waals surface area contributed by atoms with E-state index in [1.807, 2.05) is 10.8 Å². The Kier molecular flexibility index (Phi) is 2.04. The van der Waals surface area contributed by atoms with E-state index in [0.717, 1.165) is 12.3 Å². The Labute approximate surface area is 77.2 Å². The van der Waals surface area contributed by atoms with Gasteiger partial charge in [0.05, 0.1) is 0 Å². The van der Waals surface area contributed by atoms with E-state index in [1.54, 1.807) is 12.5 Å². The van der Waals surface area contributed by atoms with E-state index in [0.29, 0.717) is 5.92 Å². The largest absolute Gasteiger partial charge is 0.390 e. The van der Waals surface area contributed by atoms with Crippen molar-refractivity contribution >= 4 is 5.84 Å². The smallest absolute Gasteiger partial charge is 0.157 e. The molecule has 2 heterocycles. The van der Waals surface area contributed by atoms with Gasteiger partial charge in [0, 0.05) is 18.8 Å². The molecule has 2 rings (SSSR count). The van der Waals surface area contributed by atoms with Crippen molar-refractivity contribution in [2.75, 3.05) is 0 Å². The lowest BCUT2D eigenvalue weighted by molar-refractivity contribution is 0.0521. The van der Waals surface area contributed by atoms with Crippen LogP contribution < -0.4 is 0 Å². The van der Waals surface area contributed by atoms with E-state index in [4.69, 9.17) is 4.84 Å². The SMILES string of the molecule is CC(C)C1CC(n2ccnc2)=NO1. The predicted molar refractivity (Wildman–Crippen MR) is 49.4 cm³/mol. The first-order valence-electron chi connectivity index (χ1n) is 4.48. The zero-order chi connectivity index (χ0) is 9.26. The Morgan fingerprint density at radius 3 is 3.00 bits per heavy atom. The van der Waals surface area contributed by atoms with Crippen molar-refractivity contribution in [3.8, 4) is 0 Å². The van der Waals surface area contributed by atoms with Gasteiger partial charge in [-0.1, -0.05) is 19.0 Å². The summed E-state index contributed by atoms with van der Waals surface area (Å²) in [5, 5.41) is 4.02. The normalized spacial score (nSPS) is 21.8. The summed E-state index contributed by atoms with van der Waals surface area (Å²) in [7, 11) is 0. The molecule has 0 spiro atoms. The predicted octanol–water partition coefficient (Wildman–Crippen LogP) is 1.49. The summed E-state index contributed by atoms with van der Waals surface area (Å²) in [4.78, 5) is 9.25. The molecule has 0 N–H and O–H groups in total. The second-order valence-corrected chi connectivity index (χ2v) is 3.57. The van der Waals surface area contributed by atoms with Crippen molar-refractivity contribution in [1.82, 2.24) is 9.55 Å². The molecule has 1 aromatic rings. The number of aromatic nitrogens is 2. The second kappa shape index (κ2) is 3.20. The number of rotatable bonds is 1. The third kappa shape index (κ3) is 1.56. The minimum Gasteiger partial charge on any atom is -0.390 e. The molecule has 0 bridgehead atoms. The number of imidazole rings is 1. The molecule has 0 amide bonds. The van der Waals surface area contributed by atoms with Crippen LogP contribution in [0.25, 0.3) is 0 Å². The third-order valence-electron chi connectivity index (χ3n) is 2.22. The van der Waals surface area contributed by atoms with Gasteiger partial charge in [-0.05, 0) is 5.92 Å². The molecule has 0 fully saturated rings. The van der Waals surface area contributed by atoms with Gasteiger partial charge in [-0.2, -0.15) is 0 Å². The van der Waals surface area contributed by atoms with Gasteiger partial charge in [-0.15, -0.1) is 0 Å². The first kappa shape index (κ1) is 8.29.